The van der Waals surface area contributed by atoms with E-state index in [0.29, 0.717) is 13.1 Å². The van der Waals surface area contributed by atoms with Crippen molar-refractivity contribution in [3.05, 3.63) is 35.8 Å². The Morgan fingerprint density at radius 1 is 1.59 bits per heavy atom. The van der Waals surface area contributed by atoms with E-state index in [0.717, 1.165) is 35.2 Å². The molecule has 0 saturated carbocycles. The average molecular weight is 366 g/mol. The molecule has 22 heavy (non-hydrogen) atoms. The van der Waals surface area contributed by atoms with Crippen LogP contribution >= 0.6 is 15.9 Å². The SMILES string of the molecule is C=COC(=O)N1CCCC1CNc1ccc2ncc(Br)n2n1. The van der Waals surface area contributed by atoms with Crippen molar-refractivity contribution in [2.24, 2.45) is 0 Å². The quantitative estimate of drug-likeness (QED) is 0.843. The number of hydrogen-bond donors (Lipinski definition) is 1. The molecule has 1 aliphatic rings. The van der Waals surface area contributed by atoms with Crippen LogP contribution in [-0.4, -0.2) is 44.7 Å². The highest BCUT2D eigenvalue weighted by atomic mass is 79.9. The number of imidazole rings is 1. The first-order valence-electron chi connectivity index (χ1n) is 7.01. The minimum atomic E-state index is -0.347. The van der Waals surface area contributed by atoms with Crippen LogP contribution in [0.4, 0.5) is 10.6 Å². The average Bonchev–Trinajstić information content (AvgIpc) is 3.13. The Bertz CT molecular complexity index is 702. The minimum absolute atomic E-state index is 0.0937. The summed E-state index contributed by atoms with van der Waals surface area (Å²) in [4.78, 5) is 17.7. The van der Waals surface area contributed by atoms with Crippen LogP contribution in [-0.2, 0) is 4.74 Å². The van der Waals surface area contributed by atoms with Gasteiger partial charge in [-0.2, -0.15) is 0 Å². The molecule has 1 fully saturated rings. The summed E-state index contributed by atoms with van der Waals surface area (Å²) in [6.07, 6.45) is 4.43. The van der Waals surface area contributed by atoms with Gasteiger partial charge >= 0.3 is 6.09 Å². The first-order valence-corrected chi connectivity index (χ1v) is 7.80. The third kappa shape index (κ3) is 2.92. The summed E-state index contributed by atoms with van der Waals surface area (Å²) in [5.41, 5.74) is 0.773. The third-order valence-corrected chi connectivity index (χ3v) is 4.18. The Labute approximate surface area is 136 Å². The van der Waals surface area contributed by atoms with Crippen molar-refractivity contribution < 1.29 is 9.53 Å². The van der Waals surface area contributed by atoms with E-state index in [1.165, 1.54) is 0 Å². The molecule has 1 saturated heterocycles. The number of amides is 1. The van der Waals surface area contributed by atoms with Gasteiger partial charge in [-0.05, 0) is 40.9 Å². The molecule has 1 unspecified atom stereocenters. The number of hydrogen-bond acceptors (Lipinski definition) is 5. The highest BCUT2D eigenvalue weighted by molar-refractivity contribution is 9.10. The number of aromatic nitrogens is 3. The largest absolute Gasteiger partial charge is 0.419 e. The molecule has 1 atom stereocenters. The molecule has 1 amide bonds. The molecular formula is C14H16BrN5O2. The predicted molar refractivity (Wildman–Crippen MR) is 85.6 cm³/mol. The molecule has 8 heteroatoms. The van der Waals surface area contributed by atoms with Gasteiger partial charge < -0.3 is 15.0 Å². The summed E-state index contributed by atoms with van der Waals surface area (Å²) in [5, 5.41) is 7.71. The summed E-state index contributed by atoms with van der Waals surface area (Å²) in [5.74, 6) is 0.732. The Kier molecular flexibility index (Phi) is 4.28. The fraction of sp³-hybridized carbons (Fsp3) is 0.357. The van der Waals surface area contributed by atoms with Crippen LogP contribution in [0, 0.1) is 0 Å². The highest BCUT2D eigenvalue weighted by Gasteiger charge is 2.29. The zero-order valence-electron chi connectivity index (χ0n) is 11.9. The molecule has 116 valence electrons. The van der Waals surface area contributed by atoms with Gasteiger partial charge in [-0.1, -0.05) is 6.58 Å². The summed E-state index contributed by atoms with van der Waals surface area (Å²) in [7, 11) is 0. The number of fused-ring (bicyclic) bond motifs is 1. The van der Waals surface area contributed by atoms with Crippen LogP contribution < -0.4 is 5.32 Å². The van der Waals surface area contributed by atoms with Crippen LogP contribution in [0.2, 0.25) is 0 Å². The topological polar surface area (TPSA) is 71.8 Å². The summed E-state index contributed by atoms with van der Waals surface area (Å²) in [6, 6.07) is 3.85. The van der Waals surface area contributed by atoms with Gasteiger partial charge in [-0.15, -0.1) is 5.10 Å². The van der Waals surface area contributed by atoms with Gasteiger partial charge in [0.15, 0.2) is 5.65 Å². The van der Waals surface area contributed by atoms with Crippen molar-refractivity contribution in [3.63, 3.8) is 0 Å². The van der Waals surface area contributed by atoms with Crippen molar-refractivity contribution in [1.29, 1.82) is 0 Å². The zero-order chi connectivity index (χ0) is 15.5. The molecule has 0 bridgehead atoms. The predicted octanol–water partition coefficient (Wildman–Crippen LogP) is 2.65. The molecule has 2 aromatic heterocycles. The lowest BCUT2D eigenvalue weighted by Crippen LogP contribution is -2.39. The fourth-order valence-electron chi connectivity index (χ4n) is 2.59. The molecular weight excluding hydrogens is 350 g/mol. The molecule has 1 aliphatic heterocycles. The van der Waals surface area contributed by atoms with Gasteiger partial charge in [0.05, 0.1) is 18.5 Å². The van der Waals surface area contributed by atoms with E-state index in [2.05, 4.69) is 37.9 Å². The van der Waals surface area contributed by atoms with Gasteiger partial charge in [-0.3, -0.25) is 0 Å². The molecule has 3 rings (SSSR count). The monoisotopic (exact) mass is 365 g/mol. The van der Waals surface area contributed by atoms with Gasteiger partial charge in [0.1, 0.15) is 10.4 Å². The zero-order valence-corrected chi connectivity index (χ0v) is 13.5. The van der Waals surface area contributed by atoms with E-state index in [4.69, 9.17) is 4.74 Å². The number of nitrogens with zero attached hydrogens (tertiary/aromatic N) is 4. The van der Waals surface area contributed by atoms with E-state index < -0.39 is 0 Å². The third-order valence-electron chi connectivity index (χ3n) is 3.64. The van der Waals surface area contributed by atoms with Crippen molar-refractivity contribution in [3.8, 4) is 0 Å². The smallest absolute Gasteiger partial charge is 0.414 e. The van der Waals surface area contributed by atoms with E-state index in [9.17, 15) is 4.79 Å². The summed E-state index contributed by atoms with van der Waals surface area (Å²) >= 11 is 3.40. The van der Waals surface area contributed by atoms with Crippen molar-refractivity contribution in [2.45, 2.75) is 18.9 Å². The van der Waals surface area contributed by atoms with Crippen LogP contribution in [0.5, 0.6) is 0 Å². The number of anilines is 1. The standard InChI is InChI=1S/C14H16BrN5O2/c1-2-22-14(21)19-7-3-4-10(19)8-16-12-5-6-13-17-9-11(15)20(13)18-12/h2,5-6,9-10H,1,3-4,7-8H2,(H,16,18). The number of rotatable bonds is 4. The van der Waals surface area contributed by atoms with E-state index in [1.807, 2.05) is 12.1 Å². The fourth-order valence-corrected chi connectivity index (χ4v) is 2.95. The maximum absolute atomic E-state index is 11.8. The first kappa shape index (κ1) is 14.8. The van der Waals surface area contributed by atoms with Crippen LogP contribution in [0.1, 0.15) is 12.8 Å². The molecule has 0 radical (unpaired) electrons. The molecule has 0 aliphatic carbocycles. The Morgan fingerprint density at radius 3 is 3.27 bits per heavy atom. The van der Waals surface area contributed by atoms with Crippen LogP contribution in [0.15, 0.2) is 35.8 Å². The maximum Gasteiger partial charge on any atom is 0.414 e. The van der Waals surface area contributed by atoms with Crippen molar-refractivity contribution in [2.75, 3.05) is 18.4 Å². The van der Waals surface area contributed by atoms with Crippen LogP contribution in [0.25, 0.3) is 5.65 Å². The van der Waals surface area contributed by atoms with Gasteiger partial charge in [0.25, 0.3) is 0 Å². The van der Waals surface area contributed by atoms with E-state index in [1.54, 1.807) is 15.6 Å². The van der Waals surface area contributed by atoms with Gasteiger partial charge in [0, 0.05) is 13.1 Å². The minimum Gasteiger partial charge on any atom is -0.419 e. The molecule has 0 aromatic carbocycles. The Hall–Kier alpha value is -2.09. The second kappa shape index (κ2) is 6.35. The normalized spacial score (nSPS) is 17.7. The second-order valence-corrected chi connectivity index (χ2v) is 5.80. The van der Waals surface area contributed by atoms with Crippen molar-refractivity contribution >= 4 is 33.5 Å². The van der Waals surface area contributed by atoms with Crippen molar-refractivity contribution in [1.82, 2.24) is 19.5 Å². The van der Waals surface area contributed by atoms with Gasteiger partial charge in [0.2, 0.25) is 0 Å². The number of ether oxygens (including phenoxy) is 1. The Morgan fingerprint density at radius 2 is 2.45 bits per heavy atom. The molecule has 1 N–H and O–H groups in total. The lowest BCUT2D eigenvalue weighted by molar-refractivity contribution is 0.134. The molecule has 0 spiro atoms. The molecule has 2 aromatic rings. The number of carbonyl (C=O) groups is 1. The van der Waals surface area contributed by atoms with Crippen LogP contribution in [0.3, 0.4) is 0 Å². The van der Waals surface area contributed by atoms with E-state index in [-0.39, 0.29) is 12.1 Å². The number of nitrogens with one attached hydrogen (secondary N) is 1. The number of likely N-dealkylation sites (tertiary alicyclic amines) is 1. The summed E-state index contributed by atoms with van der Waals surface area (Å²) < 4.78 is 7.36. The number of halogens is 1. The van der Waals surface area contributed by atoms with Gasteiger partial charge in [-0.25, -0.2) is 14.3 Å². The number of carbonyl (C=O) groups excluding carboxylic acids is 1. The summed E-state index contributed by atoms with van der Waals surface area (Å²) in [6.45, 7) is 4.74. The molecule has 7 nitrogen and oxygen atoms in total. The van der Waals surface area contributed by atoms with E-state index >= 15 is 0 Å². The maximum atomic E-state index is 11.8. The molecule has 3 heterocycles. The first-order chi connectivity index (χ1) is 10.7. The lowest BCUT2D eigenvalue weighted by Gasteiger charge is -2.23. The Balaban J connectivity index is 1.66. The second-order valence-electron chi connectivity index (χ2n) is 4.99. The highest BCUT2D eigenvalue weighted by Crippen LogP contribution is 2.19. The lowest BCUT2D eigenvalue weighted by atomic mass is 10.2.